The van der Waals surface area contributed by atoms with Crippen molar-refractivity contribution in [1.29, 1.82) is 0 Å². The number of carbonyl (C=O) groups is 2. The smallest absolute Gasteiger partial charge is 0.240 e. The molecule has 0 aromatic heterocycles. The Morgan fingerprint density at radius 1 is 1.38 bits per heavy atom. The van der Waals surface area contributed by atoms with Gasteiger partial charge in [0.15, 0.2) is 0 Å². The van der Waals surface area contributed by atoms with Crippen LogP contribution in [0.1, 0.15) is 38.3 Å². The van der Waals surface area contributed by atoms with Crippen LogP contribution in [0.2, 0.25) is 0 Å². The second kappa shape index (κ2) is 5.22. The largest absolute Gasteiger partial charge is 0.389 e. The van der Waals surface area contributed by atoms with Crippen LogP contribution >= 0.6 is 12.2 Å². The number of amides is 2. The highest BCUT2D eigenvalue weighted by molar-refractivity contribution is 7.80. The summed E-state index contributed by atoms with van der Waals surface area (Å²) in [6, 6.07) is 5.39. The third-order valence-electron chi connectivity index (χ3n) is 4.47. The number of aryl methyl sites for hydroxylation is 1. The highest BCUT2D eigenvalue weighted by Gasteiger charge is 2.51. The van der Waals surface area contributed by atoms with E-state index in [1.165, 1.54) is 4.90 Å². The topological polar surface area (TPSA) is 63.4 Å². The van der Waals surface area contributed by atoms with E-state index in [0.717, 1.165) is 5.56 Å². The molecule has 1 aromatic carbocycles. The molecule has 0 aliphatic carbocycles. The first-order chi connectivity index (χ1) is 9.70. The number of anilines is 1. The van der Waals surface area contributed by atoms with E-state index < -0.39 is 5.41 Å². The van der Waals surface area contributed by atoms with E-state index in [4.69, 9.17) is 18.0 Å². The normalized spacial score (nSPS) is 22.2. The van der Waals surface area contributed by atoms with Gasteiger partial charge in [0.05, 0.1) is 11.1 Å². The third-order valence-corrected chi connectivity index (χ3v) is 4.68. The monoisotopic (exact) mass is 304 g/mol. The molecule has 1 aromatic rings. The van der Waals surface area contributed by atoms with Crippen molar-refractivity contribution in [2.75, 3.05) is 4.90 Å². The first kappa shape index (κ1) is 15.6. The molecule has 21 heavy (non-hydrogen) atoms. The van der Waals surface area contributed by atoms with Gasteiger partial charge in [-0.15, -0.1) is 0 Å². The molecule has 1 aliphatic rings. The van der Waals surface area contributed by atoms with Crippen molar-refractivity contribution < 1.29 is 9.59 Å². The molecular formula is C16H20N2O2S. The number of nitrogens with two attached hydrogens (primary N) is 1. The lowest BCUT2D eigenvalue weighted by Gasteiger charge is -2.27. The standard InChI is InChI=1S/C16H20N2O2S/c1-9(2)16(4)8-12(19)18(15(16)20)11-7-5-6-10(3)13(11)14(17)21/h5-7,9H,8H2,1-4H3,(H2,17,21). The summed E-state index contributed by atoms with van der Waals surface area (Å²) in [5, 5.41) is 0. The Morgan fingerprint density at radius 2 is 2.00 bits per heavy atom. The van der Waals surface area contributed by atoms with Crippen LogP contribution in [-0.2, 0) is 9.59 Å². The zero-order chi connectivity index (χ0) is 15.9. The molecule has 1 aliphatic heterocycles. The van der Waals surface area contributed by atoms with Crippen molar-refractivity contribution in [2.24, 2.45) is 17.1 Å². The fourth-order valence-electron chi connectivity index (χ4n) is 2.69. The van der Waals surface area contributed by atoms with E-state index in [1.54, 1.807) is 12.1 Å². The van der Waals surface area contributed by atoms with E-state index in [1.807, 2.05) is 33.8 Å². The van der Waals surface area contributed by atoms with Gasteiger partial charge in [-0.3, -0.25) is 9.59 Å². The molecule has 2 N–H and O–H groups in total. The molecular weight excluding hydrogens is 284 g/mol. The van der Waals surface area contributed by atoms with E-state index in [9.17, 15) is 9.59 Å². The number of nitrogens with zero attached hydrogens (tertiary/aromatic N) is 1. The quantitative estimate of drug-likeness (QED) is 0.688. The SMILES string of the molecule is Cc1cccc(N2C(=O)CC(C)(C(C)C)C2=O)c1C(N)=S. The summed E-state index contributed by atoms with van der Waals surface area (Å²) in [5.41, 5.74) is 7.07. The molecule has 1 fully saturated rings. The van der Waals surface area contributed by atoms with E-state index >= 15 is 0 Å². The highest BCUT2D eigenvalue weighted by Crippen LogP contribution is 2.42. The molecule has 2 rings (SSSR count). The van der Waals surface area contributed by atoms with Crippen LogP contribution in [0, 0.1) is 18.3 Å². The van der Waals surface area contributed by atoms with Gasteiger partial charge in [0.25, 0.3) is 0 Å². The minimum absolute atomic E-state index is 0.0806. The van der Waals surface area contributed by atoms with Crippen LogP contribution < -0.4 is 10.6 Å². The molecule has 0 spiro atoms. The first-order valence-corrected chi connectivity index (χ1v) is 7.37. The number of hydrogen-bond donors (Lipinski definition) is 1. The predicted molar refractivity (Wildman–Crippen MR) is 87.1 cm³/mol. The van der Waals surface area contributed by atoms with Crippen LogP contribution in [-0.4, -0.2) is 16.8 Å². The van der Waals surface area contributed by atoms with Crippen LogP contribution in [0.5, 0.6) is 0 Å². The Labute approximate surface area is 130 Å². The molecule has 5 heteroatoms. The van der Waals surface area contributed by atoms with Crippen molar-refractivity contribution in [3.05, 3.63) is 29.3 Å². The summed E-state index contributed by atoms with van der Waals surface area (Å²) in [6.07, 6.45) is 0.216. The van der Waals surface area contributed by atoms with Gasteiger partial charge in [-0.1, -0.05) is 38.2 Å². The summed E-state index contributed by atoms with van der Waals surface area (Å²) >= 11 is 5.09. The van der Waals surface area contributed by atoms with Gasteiger partial charge in [0.2, 0.25) is 11.8 Å². The molecule has 0 saturated carbocycles. The van der Waals surface area contributed by atoms with Gasteiger partial charge in [-0.2, -0.15) is 0 Å². The van der Waals surface area contributed by atoms with Crippen molar-refractivity contribution in [3.8, 4) is 0 Å². The van der Waals surface area contributed by atoms with Crippen molar-refractivity contribution in [1.82, 2.24) is 0 Å². The third kappa shape index (κ3) is 2.35. The van der Waals surface area contributed by atoms with Gasteiger partial charge < -0.3 is 5.73 Å². The van der Waals surface area contributed by atoms with Crippen molar-refractivity contribution in [3.63, 3.8) is 0 Å². The fraction of sp³-hybridized carbons (Fsp3) is 0.438. The Kier molecular flexibility index (Phi) is 3.89. The predicted octanol–water partition coefficient (Wildman–Crippen LogP) is 2.55. The summed E-state index contributed by atoms with van der Waals surface area (Å²) in [7, 11) is 0. The second-order valence-electron chi connectivity index (χ2n) is 6.12. The van der Waals surface area contributed by atoms with Gasteiger partial charge in [0, 0.05) is 12.0 Å². The molecule has 1 saturated heterocycles. The number of thiocarbonyl (C=S) groups is 1. The molecule has 2 amide bonds. The second-order valence-corrected chi connectivity index (χ2v) is 6.56. The number of imide groups is 1. The van der Waals surface area contributed by atoms with E-state index in [0.29, 0.717) is 11.3 Å². The lowest BCUT2D eigenvalue weighted by molar-refractivity contribution is -0.126. The van der Waals surface area contributed by atoms with Gasteiger partial charge in [0.1, 0.15) is 4.99 Å². The Hall–Kier alpha value is -1.75. The molecule has 0 radical (unpaired) electrons. The van der Waals surface area contributed by atoms with Gasteiger partial charge in [-0.25, -0.2) is 4.90 Å². The minimum Gasteiger partial charge on any atom is -0.389 e. The molecule has 4 nitrogen and oxygen atoms in total. The average Bonchev–Trinajstić information content (AvgIpc) is 2.60. The highest BCUT2D eigenvalue weighted by atomic mass is 32.1. The van der Waals surface area contributed by atoms with Gasteiger partial charge >= 0.3 is 0 Å². The molecule has 0 bridgehead atoms. The van der Waals surface area contributed by atoms with Gasteiger partial charge in [-0.05, 0) is 31.4 Å². The maximum Gasteiger partial charge on any atom is 0.240 e. The van der Waals surface area contributed by atoms with Crippen LogP contribution in [0.25, 0.3) is 0 Å². The summed E-state index contributed by atoms with van der Waals surface area (Å²) in [6.45, 7) is 7.62. The number of rotatable bonds is 3. The Balaban J connectivity index is 2.59. The Morgan fingerprint density at radius 3 is 2.48 bits per heavy atom. The molecule has 1 unspecified atom stereocenters. The van der Waals surface area contributed by atoms with Crippen LogP contribution in [0.15, 0.2) is 18.2 Å². The molecule has 1 atom stereocenters. The molecule has 1 heterocycles. The van der Waals surface area contributed by atoms with Crippen molar-refractivity contribution in [2.45, 2.75) is 34.1 Å². The maximum atomic E-state index is 12.8. The molecule has 112 valence electrons. The lowest BCUT2D eigenvalue weighted by Crippen LogP contribution is -2.38. The first-order valence-electron chi connectivity index (χ1n) is 6.97. The zero-order valence-corrected chi connectivity index (χ0v) is 13.6. The van der Waals surface area contributed by atoms with E-state index in [-0.39, 0.29) is 29.1 Å². The Bertz CT molecular complexity index is 639. The zero-order valence-electron chi connectivity index (χ0n) is 12.8. The van der Waals surface area contributed by atoms with E-state index in [2.05, 4.69) is 0 Å². The average molecular weight is 304 g/mol. The number of hydrogen-bond acceptors (Lipinski definition) is 3. The summed E-state index contributed by atoms with van der Waals surface area (Å²) < 4.78 is 0. The number of benzene rings is 1. The lowest BCUT2D eigenvalue weighted by atomic mass is 9.78. The van der Waals surface area contributed by atoms with Crippen LogP contribution in [0.4, 0.5) is 5.69 Å². The maximum absolute atomic E-state index is 12.8. The van der Waals surface area contributed by atoms with Crippen molar-refractivity contribution >= 4 is 34.7 Å². The fourth-order valence-corrected chi connectivity index (χ4v) is 2.96. The minimum atomic E-state index is -0.672. The number of carbonyl (C=O) groups excluding carboxylic acids is 2. The summed E-state index contributed by atoms with van der Waals surface area (Å²) in [5.74, 6) is -0.290. The summed E-state index contributed by atoms with van der Waals surface area (Å²) in [4.78, 5) is 26.6. The van der Waals surface area contributed by atoms with Crippen LogP contribution in [0.3, 0.4) is 0 Å².